The van der Waals surface area contributed by atoms with E-state index in [2.05, 4.69) is 4.72 Å². The molecule has 0 unspecified atom stereocenters. The van der Waals surface area contributed by atoms with Crippen LogP contribution in [0.4, 0.5) is 0 Å². The Labute approximate surface area is 130 Å². The van der Waals surface area contributed by atoms with Crippen molar-refractivity contribution in [2.75, 3.05) is 39.4 Å². The van der Waals surface area contributed by atoms with Crippen molar-refractivity contribution >= 4 is 21.6 Å². The second kappa shape index (κ2) is 8.17. The van der Waals surface area contributed by atoms with Crippen molar-refractivity contribution in [3.8, 4) is 0 Å². The van der Waals surface area contributed by atoms with Gasteiger partial charge in [0.2, 0.25) is 10.0 Å². The van der Waals surface area contributed by atoms with Crippen LogP contribution in [0, 0.1) is 0 Å². The third kappa shape index (κ3) is 5.20. The quantitative estimate of drug-likeness (QED) is 0.585. The van der Waals surface area contributed by atoms with Crippen LogP contribution < -0.4 is 22.0 Å². The molecule has 2 N–H and O–H groups in total. The zero-order chi connectivity index (χ0) is 13.7. The van der Waals surface area contributed by atoms with E-state index in [0.29, 0.717) is 11.6 Å². The van der Waals surface area contributed by atoms with Crippen LogP contribution in [-0.2, 0) is 14.8 Å². The predicted molar refractivity (Wildman–Crippen MR) is 73.0 cm³/mol. The highest BCUT2D eigenvalue weighted by Gasteiger charge is 2.17. The van der Waals surface area contributed by atoms with Crippen LogP contribution in [0.3, 0.4) is 0 Å². The van der Waals surface area contributed by atoms with E-state index in [1.54, 1.807) is 12.1 Å². The summed E-state index contributed by atoms with van der Waals surface area (Å²) in [4.78, 5) is 1.61. The van der Waals surface area contributed by atoms with E-state index in [1.165, 1.54) is 17.0 Å². The van der Waals surface area contributed by atoms with Crippen molar-refractivity contribution < 1.29 is 30.5 Å². The van der Waals surface area contributed by atoms with Gasteiger partial charge in [0, 0.05) is 5.02 Å². The van der Waals surface area contributed by atoms with Crippen LogP contribution in [0.2, 0.25) is 5.02 Å². The molecular weight excluding hydrogens is 323 g/mol. The number of quaternary nitrogens is 1. The normalized spacial score (nSPS) is 16.6. The minimum absolute atomic E-state index is 0. The molecule has 2 rings (SSSR count). The third-order valence-electron chi connectivity index (χ3n) is 3.09. The highest BCUT2D eigenvalue weighted by molar-refractivity contribution is 7.89. The highest BCUT2D eigenvalue weighted by Crippen LogP contribution is 2.13. The number of hydrogen-bond donors (Lipinski definition) is 2. The van der Waals surface area contributed by atoms with Gasteiger partial charge in [-0.2, -0.15) is 0 Å². The molecule has 1 saturated heterocycles. The van der Waals surface area contributed by atoms with Crippen molar-refractivity contribution in [3.63, 3.8) is 0 Å². The lowest BCUT2D eigenvalue weighted by atomic mass is 10.4. The van der Waals surface area contributed by atoms with Gasteiger partial charge in [0.05, 0.1) is 31.2 Å². The van der Waals surface area contributed by atoms with Gasteiger partial charge in [0.15, 0.2) is 0 Å². The van der Waals surface area contributed by atoms with E-state index in [0.717, 1.165) is 32.8 Å². The Morgan fingerprint density at radius 1 is 1.20 bits per heavy atom. The standard InChI is InChI=1S/C12H17ClN2O3S.ClH/c13-11-1-3-12(4-2-11)19(16,17)14-5-6-15-7-9-18-10-8-15;/h1-4,14H,5-10H2;1H. The molecule has 1 aromatic rings. The fourth-order valence-corrected chi connectivity index (χ4v) is 3.13. The van der Waals surface area contributed by atoms with E-state index in [9.17, 15) is 8.42 Å². The largest absolute Gasteiger partial charge is 1.00 e. The van der Waals surface area contributed by atoms with Crippen molar-refractivity contribution in [1.82, 2.24) is 4.72 Å². The Balaban J connectivity index is 0.00000200. The topological polar surface area (TPSA) is 59.8 Å². The van der Waals surface area contributed by atoms with Crippen LogP contribution in [-0.4, -0.2) is 47.8 Å². The molecule has 0 atom stereocenters. The van der Waals surface area contributed by atoms with Gasteiger partial charge in [-0.3, -0.25) is 0 Å². The monoisotopic (exact) mass is 340 g/mol. The van der Waals surface area contributed by atoms with E-state index < -0.39 is 10.0 Å². The number of ether oxygens (including phenoxy) is 1. The molecule has 0 amide bonds. The van der Waals surface area contributed by atoms with Gasteiger partial charge in [0.25, 0.3) is 0 Å². The van der Waals surface area contributed by atoms with Crippen LogP contribution in [0.5, 0.6) is 0 Å². The van der Waals surface area contributed by atoms with Gasteiger partial charge in [0.1, 0.15) is 13.1 Å². The minimum Gasteiger partial charge on any atom is -1.00 e. The molecule has 0 spiro atoms. The van der Waals surface area contributed by atoms with E-state index >= 15 is 0 Å². The number of hydrogen-bond acceptors (Lipinski definition) is 3. The van der Waals surface area contributed by atoms with Crippen molar-refractivity contribution in [1.29, 1.82) is 0 Å². The maximum atomic E-state index is 12.0. The smallest absolute Gasteiger partial charge is 0.240 e. The second-order valence-corrected chi connectivity index (χ2v) is 6.67. The molecule has 1 aromatic carbocycles. The number of halogens is 2. The molecule has 1 aliphatic heterocycles. The Kier molecular flexibility index (Phi) is 7.22. The van der Waals surface area contributed by atoms with Gasteiger partial charge in [-0.05, 0) is 24.3 Å². The van der Waals surface area contributed by atoms with Crippen molar-refractivity contribution in [2.45, 2.75) is 4.90 Å². The molecule has 0 bridgehead atoms. The maximum Gasteiger partial charge on any atom is 0.240 e. The lowest BCUT2D eigenvalue weighted by Gasteiger charge is -2.23. The molecule has 20 heavy (non-hydrogen) atoms. The summed E-state index contributed by atoms with van der Waals surface area (Å²) in [5, 5.41) is 0.525. The Hall–Kier alpha value is -0.370. The number of sulfonamides is 1. The minimum atomic E-state index is -3.43. The summed E-state index contributed by atoms with van der Waals surface area (Å²) in [5.74, 6) is 0. The van der Waals surface area contributed by atoms with Gasteiger partial charge in [-0.25, -0.2) is 13.1 Å². The Morgan fingerprint density at radius 3 is 2.40 bits per heavy atom. The number of benzene rings is 1. The summed E-state index contributed by atoms with van der Waals surface area (Å²) < 4.78 is 31.9. The second-order valence-electron chi connectivity index (χ2n) is 4.46. The van der Waals surface area contributed by atoms with E-state index in [-0.39, 0.29) is 17.3 Å². The number of nitrogens with one attached hydrogen (secondary N) is 2. The molecule has 1 fully saturated rings. The molecule has 1 heterocycles. The first-order chi connectivity index (χ1) is 9.08. The van der Waals surface area contributed by atoms with Gasteiger partial charge >= 0.3 is 0 Å². The van der Waals surface area contributed by atoms with Gasteiger partial charge < -0.3 is 22.0 Å². The van der Waals surface area contributed by atoms with Gasteiger partial charge in [-0.1, -0.05) is 11.6 Å². The lowest BCUT2D eigenvalue weighted by molar-refractivity contribution is -0.906. The van der Waals surface area contributed by atoms with Crippen LogP contribution in [0.15, 0.2) is 29.2 Å². The first kappa shape index (κ1) is 17.7. The Bertz CT molecular complexity index is 502. The first-order valence-electron chi connectivity index (χ1n) is 6.24. The molecular formula is C12H18Cl2N2O3S. The molecule has 0 aliphatic carbocycles. The fraction of sp³-hybridized carbons (Fsp3) is 0.500. The molecule has 0 aromatic heterocycles. The molecule has 1 aliphatic rings. The molecule has 114 valence electrons. The van der Waals surface area contributed by atoms with Crippen LogP contribution >= 0.6 is 11.6 Å². The number of rotatable bonds is 5. The summed E-state index contributed by atoms with van der Waals surface area (Å²) in [6.07, 6.45) is 0. The van der Waals surface area contributed by atoms with Crippen LogP contribution in [0.25, 0.3) is 0 Å². The number of morpholine rings is 1. The Morgan fingerprint density at radius 2 is 1.80 bits per heavy atom. The predicted octanol–water partition coefficient (Wildman–Crippen LogP) is -3.46. The zero-order valence-electron chi connectivity index (χ0n) is 10.9. The van der Waals surface area contributed by atoms with Crippen molar-refractivity contribution in [3.05, 3.63) is 29.3 Å². The molecule has 0 saturated carbocycles. The van der Waals surface area contributed by atoms with Crippen LogP contribution in [0.1, 0.15) is 0 Å². The van der Waals surface area contributed by atoms with E-state index in [4.69, 9.17) is 16.3 Å². The average Bonchev–Trinajstić information content (AvgIpc) is 2.40. The molecule has 8 heteroatoms. The maximum absolute atomic E-state index is 12.0. The lowest BCUT2D eigenvalue weighted by Crippen LogP contribution is -3.14. The van der Waals surface area contributed by atoms with E-state index in [1.807, 2.05) is 0 Å². The third-order valence-corrected chi connectivity index (χ3v) is 4.82. The fourth-order valence-electron chi connectivity index (χ4n) is 1.97. The summed E-state index contributed by atoms with van der Waals surface area (Å²) in [6, 6.07) is 6.16. The van der Waals surface area contributed by atoms with Crippen molar-refractivity contribution in [2.24, 2.45) is 0 Å². The molecule has 5 nitrogen and oxygen atoms in total. The summed E-state index contributed by atoms with van der Waals surface area (Å²) in [7, 11) is -3.43. The molecule has 0 radical (unpaired) electrons. The van der Waals surface area contributed by atoms with Gasteiger partial charge in [-0.15, -0.1) is 0 Å². The zero-order valence-corrected chi connectivity index (χ0v) is 13.3. The highest BCUT2D eigenvalue weighted by atomic mass is 35.5. The first-order valence-corrected chi connectivity index (χ1v) is 8.10. The SMILES string of the molecule is O=S(=O)(NCC[NH+]1CCOCC1)c1ccc(Cl)cc1.[Cl-]. The average molecular weight is 341 g/mol. The summed E-state index contributed by atoms with van der Waals surface area (Å²) in [5.41, 5.74) is 0. The summed E-state index contributed by atoms with van der Waals surface area (Å²) in [6.45, 7) is 4.57. The summed E-state index contributed by atoms with van der Waals surface area (Å²) >= 11 is 5.74.